The molecule has 0 bridgehead atoms. The normalized spacial score (nSPS) is 19.1. The zero-order valence-electron chi connectivity index (χ0n) is 14.2. The number of rotatable bonds is 5. The summed E-state index contributed by atoms with van der Waals surface area (Å²) in [6.07, 6.45) is 3.04. The van der Waals surface area contributed by atoms with E-state index in [1.807, 2.05) is 0 Å². The number of benzene rings is 1. The third-order valence-electron chi connectivity index (χ3n) is 4.85. The minimum absolute atomic E-state index is 0.0434. The van der Waals surface area contributed by atoms with Crippen LogP contribution in [0.3, 0.4) is 0 Å². The lowest BCUT2D eigenvalue weighted by atomic mass is 9.79. The Morgan fingerprint density at radius 2 is 2.07 bits per heavy atom. The van der Waals surface area contributed by atoms with Crippen LogP contribution in [0.4, 0.5) is 0 Å². The van der Waals surface area contributed by atoms with Crippen LogP contribution >= 0.6 is 23.2 Å². The number of halogens is 2. The molecule has 3 N–H and O–H groups in total. The van der Waals surface area contributed by atoms with Crippen molar-refractivity contribution in [1.29, 1.82) is 0 Å². The van der Waals surface area contributed by atoms with Gasteiger partial charge in [-0.25, -0.2) is 4.98 Å². The van der Waals surface area contributed by atoms with Gasteiger partial charge in [-0.3, -0.25) is 9.20 Å². The first-order chi connectivity index (χ1) is 13.0. The third kappa shape index (κ3) is 3.14. The first-order valence-corrected chi connectivity index (χ1v) is 9.26. The summed E-state index contributed by atoms with van der Waals surface area (Å²) in [7, 11) is 0. The number of imidazole rings is 1. The number of hydrogen-bond donors (Lipinski definition) is 2. The Bertz CT molecular complexity index is 1030. The van der Waals surface area contributed by atoms with Gasteiger partial charge in [0.25, 0.3) is 5.91 Å². The molecule has 1 saturated carbocycles. The Labute approximate surface area is 165 Å². The Kier molecular flexibility index (Phi) is 4.72. The van der Waals surface area contributed by atoms with E-state index in [0.29, 0.717) is 51.2 Å². The molecular weight excluding hydrogens is 389 g/mol. The van der Waals surface area contributed by atoms with Crippen molar-refractivity contribution in [3.63, 3.8) is 0 Å². The number of carbonyl (C=O) groups excluding carboxylic acids is 1. The lowest BCUT2D eigenvalue weighted by Gasteiger charge is -2.35. The molecule has 0 radical (unpaired) electrons. The summed E-state index contributed by atoms with van der Waals surface area (Å²) in [5.41, 5.74) is 7.78. The topological polar surface area (TPSA) is 89.9 Å². The Balaban J connectivity index is 1.59. The third-order valence-corrected chi connectivity index (χ3v) is 5.65. The predicted molar refractivity (Wildman–Crippen MR) is 102 cm³/mol. The summed E-state index contributed by atoms with van der Waals surface area (Å²) < 4.78 is 7.57. The van der Waals surface area contributed by atoms with Gasteiger partial charge in [-0.15, -0.1) is 0 Å². The number of primary amides is 1. The summed E-state index contributed by atoms with van der Waals surface area (Å²) in [4.78, 5) is 16.6. The fourth-order valence-electron chi connectivity index (χ4n) is 3.43. The van der Waals surface area contributed by atoms with Gasteiger partial charge in [0.1, 0.15) is 28.2 Å². The lowest BCUT2D eigenvalue weighted by molar-refractivity contribution is 0.0931. The van der Waals surface area contributed by atoms with Crippen LogP contribution < -0.4 is 10.5 Å². The molecule has 27 heavy (non-hydrogen) atoms. The summed E-state index contributed by atoms with van der Waals surface area (Å²) in [6.45, 7) is -0.164. The number of hydrogen-bond acceptors (Lipinski definition) is 4. The number of pyridine rings is 1. The highest BCUT2D eigenvalue weighted by Crippen LogP contribution is 2.42. The molecule has 140 valence electrons. The maximum atomic E-state index is 12.0. The second-order valence-corrected chi connectivity index (χ2v) is 7.34. The molecule has 1 aromatic carbocycles. The number of ether oxygens (including phenoxy) is 1. The number of aliphatic hydroxyl groups is 1. The van der Waals surface area contributed by atoms with Gasteiger partial charge in [-0.05, 0) is 31.0 Å². The Hall–Kier alpha value is -2.28. The quantitative estimate of drug-likeness (QED) is 0.678. The summed E-state index contributed by atoms with van der Waals surface area (Å²) in [6, 6.07) is 8.78. The zero-order valence-corrected chi connectivity index (χ0v) is 15.7. The molecule has 2 aromatic heterocycles. The van der Waals surface area contributed by atoms with E-state index >= 15 is 0 Å². The zero-order chi connectivity index (χ0) is 19.1. The van der Waals surface area contributed by atoms with E-state index in [-0.39, 0.29) is 18.6 Å². The van der Waals surface area contributed by atoms with Crippen molar-refractivity contribution < 1.29 is 14.6 Å². The van der Waals surface area contributed by atoms with Gasteiger partial charge in [-0.2, -0.15) is 0 Å². The number of nitrogens with zero attached hydrogens (tertiary/aromatic N) is 2. The number of amides is 1. The lowest BCUT2D eigenvalue weighted by Crippen LogP contribution is -2.34. The van der Waals surface area contributed by atoms with Crippen molar-refractivity contribution in [1.82, 2.24) is 9.38 Å². The fourth-order valence-corrected chi connectivity index (χ4v) is 3.77. The molecule has 0 saturated heterocycles. The van der Waals surface area contributed by atoms with Crippen molar-refractivity contribution in [2.24, 2.45) is 5.73 Å². The van der Waals surface area contributed by atoms with E-state index in [1.54, 1.807) is 40.9 Å². The van der Waals surface area contributed by atoms with E-state index in [1.165, 1.54) is 0 Å². The van der Waals surface area contributed by atoms with Gasteiger partial charge in [0, 0.05) is 17.7 Å². The number of carbonyl (C=O) groups is 1. The van der Waals surface area contributed by atoms with Gasteiger partial charge < -0.3 is 15.6 Å². The Morgan fingerprint density at radius 1 is 1.30 bits per heavy atom. The molecule has 6 nitrogen and oxygen atoms in total. The molecule has 8 heteroatoms. The first-order valence-electron chi connectivity index (χ1n) is 8.50. The van der Waals surface area contributed by atoms with Crippen LogP contribution in [-0.2, 0) is 6.61 Å². The molecule has 2 heterocycles. The number of aliphatic hydroxyl groups excluding tert-OH is 1. The molecule has 1 fully saturated rings. The summed E-state index contributed by atoms with van der Waals surface area (Å²) in [5.74, 6) is 0.0389. The average molecular weight is 406 g/mol. The van der Waals surface area contributed by atoms with E-state index in [4.69, 9.17) is 33.7 Å². The van der Waals surface area contributed by atoms with Gasteiger partial charge >= 0.3 is 0 Å². The number of aromatic nitrogens is 2. The molecule has 1 aliphatic carbocycles. The molecular formula is C19H17Cl2N3O3. The highest BCUT2D eigenvalue weighted by atomic mass is 35.5. The van der Waals surface area contributed by atoms with Crippen molar-refractivity contribution in [3.8, 4) is 5.75 Å². The van der Waals surface area contributed by atoms with E-state index in [2.05, 4.69) is 4.98 Å². The molecule has 1 aliphatic rings. The predicted octanol–water partition coefficient (Wildman–Crippen LogP) is 3.56. The fraction of sp³-hybridized carbons (Fsp3) is 0.263. The van der Waals surface area contributed by atoms with Crippen LogP contribution in [0.15, 0.2) is 36.5 Å². The number of nitrogens with two attached hydrogens (primary N) is 1. The summed E-state index contributed by atoms with van der Waals surface area (Å²) >= 11 is 12.2. The summed E-state index contributed by atoms with van der Waals surface area (Å²) in [5, 5.41) is 10.4. The van der Waals surface area contributed by atoms with Crippen LogP contribution in [0, 0.1) is 0 Å². The van der Waals surface area contributed by atoms with Gasteiger partial charge in [0.2, 0.25) is 0 Å². The molecule has 0 aliphatic heterocycles. The largest absolute Gasteiger partial charge is 0.489 e. The average Bonchev–Trinajstić information content (AvgIpc) is 3.00. The molecule has 0 spiro atoms. The highest BCUT2D eigenvalue weighted by Gasteiger charge is 2.37. The minimum Gasteiger partial charge on any atom is -0.489 e. The molecule has 4 rings (SSSR count). The maximum absolute atomic E-state index is 12.0. The molecule has 0 unspecified atom stereocenters. The van der Waals surface area contributed by atoms with Crippen LogP contribution in [0.1, 0.15) is 40.5 Å². The van der Waals surface area contributed by atoms with Crippen molar-refractivity contribution in [2.75, 3.05) is 0 Å². The maximum Gasteiger partial charge on any atom is 0.267 e. The van der Waals surface area contributed by atoms with Gasteiger partial charge in [0.15, 0.2) is 0 Å². The molecule has 1 amide bonds. The van der Waals surface area contributed by atoms with Crippen LogP contribution in [0.5, 0.6) is 5.75 Å². The van der Waals surface area contributed by atoms with Crippen LogP contribution in [0.2, 0.25) is 10.0 Å². The molecule has 3 aromatic rings. The van der Waals surface area contributed by atoms with Crippen LogP contribution in [-0.4, -0.2) is 26.5 Å². The number of fused-ring (bicyclic) bond motifs is 1. The smallest absolute Gasteiger partial charge is 0.267 e. The van der Waals surface area contributed by atoms with Gasteiger partial charge in [-0.1, -0.05) is 35.3 Å². The van der Waals surface area contributed by atoms with Crippen molar-refractivity contribution >= 4 is 34.8 Å². The van der Waals surface area contributed by atoms with Crippen molar-refractivity contribution in [2.45, 2.75) is 31.5 Å². The second-order valence-electron chi connectivity index (χ2n) is 6.56. The highest BCUT2D eigenvalue weighted by molar-refractivity contribution is 6.42. The SMILES string of the molecule is NC(=O)c1c(C2CC(Oc3cccc(Cl)c3Cl)C2)nc2c(CO)cccn12. The Morgan fingerprint density at radius 3 is 2.78 bits per heavy atom. The van der Waals surface area contributed by atoms with Gasteiger partial charge in [0.05, 0.1) is 17.3 Å². The van der Waals surface area contributed by atoms with E-state index in [0.717, 1.165) is 0 Å². The van der Waals surface area contributed by atoms with E-state index < -0.39 is 5.91 Å². The van der Waals surface area contributed by atoms with Crippen LogP contribution in [0.25, 0.3) is 5.65 Å². The molecule has 0 atom stereocenters. The van der Waals surface area contributed by atoms with Crippen molar-refractivity contribution in [3.05, 3.63) is 63.5 Å². The minimum atomic E-state index is -0.546. The monoisotopic (exact) mass is 405 g/mol. The second kappa shape index (κ2) is 7.03. The van der Waals surface area contributed by atoms with E-state index in [9.17, 15) is 9.90 Å². The standard InChI is InChI=1S/C19H17Cl2N3O3/c20-13-4-1-5-14(15(13)21)27-12-7-11(8-12)16-17(18(22)26)24-6-2-3-10(9-25)19(24)23-16/h1-6,11-12,25H,7-9H2,(H2,22,26). The first kappa shape index (κ1) is 18.1.